The maximum absolute atomic E-state index is 13.2. The minimum atomic E-state index is -3.17. The van der Waals surface area contributed by atoms with Crippen LogP contribution >= 0.6 is 0 Å². The fraction of sp³-hybridized carbons (Fsp3) is 0.550. The Labute approximate surface area is 180 Å². The molecular formula is C20H25N3O7S. The van der Waals surface area contributed by atoms with Crippen LogP contribution in [0.1, 0.15) is 25.8 Å². The van der Waals surface area contributed by atoms with Gasteiger partial charge in [0.15, 0.2) is 21.3 Å². The second-order valence-electron chi connectivity index (χ2n) is 8.04. The van der Waals surface area contributed by atoms with Crippen LogP contribution < -0.4 is 14.8 Å². The second-order valence-corrected chi connectivity index (χ2v) is 10.3. The molecule has 0 radical (unpaired) electrons. The number of hydrogen-bond acceptors (Lipinski definition) is 7. The summed E-state index contributed by atoms with van der Waals surface area (Å²) in [6.45, 7) is 3.98. The SMILES string of the molecule is CCN(C(=O)CN1C(=O)N[C@@](C)(c2ccc3c(c2)OCCO3)C1=O)[C@@H]1CCS(=O)(=O)C1. The van der Waals surface area contributed by atoms with Gasteiger partial charge in [-0.05, 0) is 38.0 Å². The van der Waals surface area contributed by atoms with E-state index < -0.39 is 45.8 Å². The van der Waals surface area contributed by atoms with Crippen LogP contribution in [0, 0.1) is 0 Å². The zero-order valence-electron chi connectivity index (χ0n) is 17.4. The molecule has 3 heterocycles. The zero-order valence-corrected chi connectivity index (χ0v) is 18.2. The number of hydrogen-bond donors (Lipinski definition) is 1. The molecule has 1 N–H and O–H groups in total. The molecular weight excluding hydrogens is 426 g/mol. The largest absolute Gasteiger partial charge is 0.486 e. The van der Waals surface area contributed by atoms with E-state index in [1.165, 1.54) is 4.90 Å². The van der Waals surface area contributed by atoms with E-state index in [2.05, 4.69) is 5.32 Å². The van der Waals surface area contributed by atoms with Crippen LogP contribution in [0.3, 0.4) is 0 Å². The predicted octanol–water partition coefficient (Wildman–Crippen LogP) is 0.260. The van der Waals surface area contributed by atoms with Gasteiger partial charge < -0.3 is 19.7 Å². The zero-order chi connectivity index (χ0) is 22.4. The van der Waals surface area contributed by atoms with Crippen molar-refractivity contribution >= 4 is 27.7 Å². The van der Waals surface area contributed by atoms with E-state index in [0.717, 1.165) is 4.90 Å². The Kier molecular flexibility index (Phi) is 5.32. The van der Waals surface area contributed by atoms with E-state index in [1.807, 2.05) is 0 Å². The van der Waals surface area contributed by atoms with Crippen molar-refractivity contribution in [3.05, 3.63) is 23.8 Å². The first-order valence-corrected chi connectivity index (χ1v) is 12.0. The van der Waals surface area contributed by atoms with Crippen molar-refractivity contribution in [2.24, 2.45) is 0 Å². The Morgan fingerprint density at radius 1 is 1.26 bits per heavy atom. The third kappa shape index (κ3) is 3.82. The molecule has 31 heavy (non-hydrogen) atoms. The van der Waals surface area contributed by atoms with Crippen molar-refractivity contribution in [1.29, 1.82) is 0 Å². The first kappa shape index (κ1) is 21.4. The molecule has 1 aromatic carbocycles. The van der Waals surface area contributed by atoms with Gasteiger partial charge in [-0.25, -0.2) is 13.2 Å². The van der Waals surface area contributed by atoms with Crippen LogP contribution in [0.15, 0.2) is 18.2 Å². The molecule has 0 bridgehead atoms. The van der Waals surface area contributed by atoms with Crippen LogP contribution in [-0.2, 0) is 25.0 Å². The average molecular weight is 452 g/mol. The number of carbonyl (C=O) groups excluding carboxylic acids is 3. The standard InChI is InChI=1S/C20H25N3O7S/c1-3-22(14-6-9-31(27,28)12-14)17(24)11-23-18(25)20(2,21-19(23)26)13-4-5-15-16(10-13)30-8-7-29-15/h4-5,10,14H,3,6-9,11-12H2,1-2H3,(H,21,26)/t14-,20+/m1/s1. The van der Waals surface area contributed by atoms with E-state index in [4.69, 9.17) is 9.47 Å². The molecule has 4 rings (SSSR count). The molecule has 0 unspecified atom stereocenters. The van der Waals surface area contributed by atoms with Gasteiger partial charge in [0.1, 0.15) is 25.3 Å². The van der Waals surface area contributed by atoms with E-state index in [9.17, 15) is 22.8 Å². The van der Waals surface area contributed by atoms with Crippen molar-refractivity contribution in [1.82, 2.24) is 15.1 Å². The lowest BCUT2D eigenvalue weighted by Gasteiger charge is -2.28. The first-order chi connectivity index (χ1) is 14.6. The van der Waals surface area contributed by atoms with Gasteiger partial charge in [0, 0.05) is 12.6 Å². The Balaban J connectivity index is 1.52. The highest BCUT2D eigenvalue weighted by molar-refractivity contribution is 7.91. The summed E-state index contributed by atoms with van der Waals surface area (Å²) >= 11 is 0. The minimum absolute atomic E-state index is 0.0345. The van der Waals surface area contributed by atoms with E-state index in [-0.39, 0.29) is 11.5 Å². The minimum Gasteiger partial charge on any atom is -0.486 e. The normalized spacial score (nSPS) is 26.6. The molecule has 0 spiro atoms. The Morgan fingerprint density at radius 2 is 1.97 bits per heavy atom. The van der Waals surface area contributed by atoms with Crippen molar-refractivity contribution in [3.63, 3.8) is 0 Å². The molecule has 4 amide bonds. The van der Waals surface area contributed by atoms with E-state index >= 15 is 0 Å². The van der Waals surface area contributed by atoms with Crippen molar-refractivity contribution < 1.29 is 32.3 Å². The van der Waals surface area contributed by atoms with Gasteiger partial charge in [0.2, 0.25) is 5.91 Å². The fourth-order valence-electron chi connectivity index (χ4n) is 4.28. The number of carbonyl (C=O) groups is 3. The molecule has 1 aromatic rings. The van der Waals surface area contributed by atoms with Gasteiger partial charge in [-0.2, -0.15) is 0 Å². The van der Waals surface area contributed by atoms with Gasteiger partial charge in [0.25, 0.3) is 5.91 Å². The Hall–Kier alpha value is -2.82. The van der Waals surface area contributed by atoms with Crippen molar-refractivity contribution in [2.75, 3.05) is 37.8 Å². The summed E-state index contributed by atoms with van der Waals surface area (Å²) < 4.78 is 34.6. The topological polar surface area (TPSA) is 122 Å². The number of sulfone groups is 1. The van der Waals surface area contributed by atoms with Crippen molar-refractivity contribution in [2.45, 2.75) is 31.8 Å². The molecule has 2 fully saturated rings. The molecule has 11 heteroatoms. The number of rotatable bonds is 5. The average Bonchev–Trinajstić information content (AvgIpc) is 3.20. The molecule has 2 saturated heterocycles. The Bertz CT molecular complexity index is 1040. The number of imide groups is 1. The van der Waals surface area contributed by atoms with Crippen LogP contribution in [-0.4, -0.2) is 79.9 Å². The van der Waals surface area contributed by atoms with Gasteiger partial charge >= 0.3 is 6.03 Å². The van der Waals surface area contributed by atoms with Gasteiger partial charge in [-0.15, -0.1) is 0 Å². The molecule has 3 aliphatic rings. The highest BCUT2D eigenvalue weighted by Crippen LogP contribution is 2.36. The molecule has 0 saturated carbocycles. The summed E-state index contributed by atoms with van der Waals surface area (Å²) in [7, 11) is -3.17. The maximum Gasteiger partial charge on any atom is 0.325 e. The summed E-state index contributed by atoms with van der Waals surface area (Å²) in [5.41, 5.74) is -0.847. The smallest absolute Gasteiger partial charge is 0.325 e. The number of nitrogens with one attached hydrogen (secondary N) is 1. The van der Waals surface area contributed by atoms with Crippen LogP contribution in [0.5, 0.6) is 11.5 Å². The monoisotopic (exact) mass is 451 g/mol. The molecule has 3 aliphatic heterocycles. The van der Waals surface area contributed by atoms with Gasteiger partial charge in [-0.3, -0.25) is 14.5 Å². The van der Waals surface area contributed by atoms with Crippen molar-refractivity contribution in [3.8, 4) is 11.5 Å². The summed E-state index contributed by atoms with van der Waals surface area (Å²) in [5.74, 6) is -0.0280. The third-order valence-corrected chi connectivity index (χ3v) is 7.75. The number of ether oxygens (including phenoxy) is 2. The third-order valence-electron chi connectivity index (χ3n) is 6.00. The molecule has 0 aliphatic carbocycles. The highest BCUT2D eigenvalue weighted by atomic mass is 32.2. The number of benzene rings is 1. The summed E-state index contributed by atoms with van der Waals surface area (Å²) in [6, 6.07) is 3.90. The van der Waals surface area contributed by atoms with Crippen LogP contribution in [0.4, 0.5) is 4.79 Å². The lowest BCUT2D eigenvalue weighted by atomic mass is 9.91. The van der Waals surface area contributed by atoms with Crippen LogP contribution in [0.2, 0.25) is 0 Å². The lowest BCUT2D eigenvalue weighted by molar-refractivity contribution is -0.139. The lowest BCUT2D eigenvalue weighted by Crippen LogP contribution is -2.48. The number of amides is 4. The molecule has 2 atom stereocenters. The summed E-state index contributed by atoms with van der Waals surface area (Å²) in [5, 5.41) is 2.67. The number of fused-ring (bicyclic) bond motifs is 1. The molecule has 168 valence electrons. The van der Waals surface area contributed by atoms with Gasteiger partial charge in [-0.1, -0.05) is 6.07 Å². The highest BCUT2D eigenvalue weighted by Gasteiger charge is 2.50. The first-order valence-electron chi connectivity index (χ1n) is 10.2. The number of likely N-dealkylation sites (N-methyl/N-ethyl adjacent to an activating group) is 1. The predicted molar refractivity (Wildman–Crippen MR) is 109 cm³/mol. The second kappa shape index (κ2) is 7.70. The quantitative estimate of drug-likeness (QED) is 0.637. The molecule has 0 aromatic heterocycles. The number of nitrogens with zero attached hydrogens (tertiary/aromatic N) is 2. The van der Waals surface area contributed by atoms with E-state index in [0.29, 0.717) is 43.2 Å². The van der Waals surface area contributed by atoms with Gasteiger partial charge in [0.05, 0.1) is 11.5 Å². The number of urea groups is 1. The summed E-state index contributed by atoms with van der Waals surface area (Å²) in [4.78, 5) is 41.0. The van der Waals surface area contributed by atoms with Crippen LogP contribution in [0.25, 0.3) is 0 Å². The van der Waals surface area contributed by atoms with E-state index in [1.54, 1.807) is 32.0 Å². The maximum atomic E-state index is 13.2. The Morgan fingerprint density at radius 3 is 2.61 bits per heavy atom. The fourth-order valence-corrected chi connectivity index (χ4v) is 6.01. The molecule has 10 nitrogen and oxygen atoms in total. The summed E-state index contributed by atoms with van der Waals surface area (Å²) in [6.07, 6.45) is 0.358.